The van der Waals surface area contributed by atoms with Crippen molar-refractivity contribution in [3.8, 4) is 5.75 Å². The van der Waals surface area contributed by atoms with Gasteiger partial charge in [0.25, 0.3) is 0 Å². The van der Waals surface area contributed by atoms with Crippen molar-refractivity contribution in [1.29, 1.82) is 0 Å². The Balaban J connectivity index is 1.62. The van der Waals surface area contributed by atoms with Crippen LogP contribution in [0.1, 0.15) is 5.56 Å². The molecular weight excluding hydrogens is 354 g/mol. The van der Waals surface area contributed by atoms with Gasteiger partial charge in [-0.2, -0.15) is 0 Å². The van der Waals surface area contributed by atoms with Gasteiger partial charge in [-0.25, -0.2) is 4.79 Å². The lowest BCUT2D eigenvalue weighted by atomic mass is 10.2. The number of halogens is 1. The zero-order chi connectivity index (χ0) is 18.7. The smallest absolute Gasteiger partial charge is 0.325 e. The van der Waals surface area contributed by atoms with Gasteiger partial charge in [0, 0.05) is 29.5 Å². The zero-order valence-corrected chi connectivity index (χ0v) is 15.4. The molecule has 2 aromatic rings. The molecule has 0 aromatic heterocycles. The number of carbonyl (C=O) groups excluding carboxylic acids is 2. The fraction of sp³-hybridized carbons (Fsp3) is 0.263. The summed E-state index contributed by atoms with van der Waals surface area (Å²) in [6.07, 6.45) is 0. The standard InChI is InChI=1S/C19H20ClN3O3/c1-13-3-4-14(20)11-17(13)21-18(24)12-22-9-10-23(19(22)25)15-5-7-16(26-2)8-6-15/h3-8,11H,9-10,12H2,1-2H3,(H,21,24). The minimum Gasteiger partial charge on any atom is -0.497 e. The lowest BCUT2D eigenvalue weighted by Gasteiger charge is -2.19. The molecule has 7 heteroatoms. The molecule has 2 aromatic carbocycles. The molecule has 1 saturated heterocycles. The highest BCUT2D eigenvalue weighted by Crippen LogP contribution is 2.24. The number of benzene rings is 2. The summed E-state index contributed by atoms with van der Waals surface area (Å²) >= 11 is 5.97. The number of nitrogens with zero attached hydrogens (tertiary/aromatic N) is 2. The zero-order valence-electron chi connectivity index (χ0n) is 14.7. The molecule has 1 aliphatic rings. The number of urea groups is 1. The summed E-state index contributed by atoms with van der Waals surface area (Å²) in [6.45, 7) is 2.91. The number of anilines is 2. The summed E-state index contributed by atoms with van der Waals surface area (Å²) in [7, 11) is 1.60. The highest BCUT2D eigenvalue weighted by molar-refractivity contribution is 6.31. The Bertz CT molecular complexity index is 823. The van der Waals surface area contributed by atoms with Crippen LogP contribution in [-0.4, -0.2) is 43.6 Å². The van der Waals surface area contributed by atoms with Crippen molar-refractivity contribution in [1.82, 2.24) is 4.90 Å². The monoisotopic (exact) mass is 373 g/mol. The van der Waals surface area contributed by atoms with E-state index >= 15 is 0 Å². The minimum absolute atomic E-state index is 0.00254. The van der Waals surface area contributed by atoms with E-state index < -0.39 is 0 Å². The highest BCUT2D eigenvalue weighted by atomic mass is 35.5. The van der Waals surface area contributed by atoms with Crippen LogP contribution >= 0.6 is 11.6 Å². The maximum Gasteiger partial charge on any atom is 0.325 e. The van der Waals surface area contributed by atoms with Crippen LogP contribution in [0.25, 0.3) is 0 Å². The van der Waals surface area contributed by atoms with Gasteiger partial charge >= 0.3 is 6.03 Å². The Morgan fingerprint density at radius 1 is 1.19 bits per heavy atom. The Kier molecular flexibility index (Phi) is 5.32. The van der Waals surface area contributed by atoms with Gasteiger partial charge in [0.2, 0.25) is 5.91 Å². The van der Waals surface area contributed by atoms with Crippen molar-refractivity contribution in [3.05, 3.63) is 53.1 Å². The van der Waals surface area contributed by atoms with Gasteiger partial charge in [0.05, 0.1) is 7.11 Å². The van der Waals surface area contributed by atoms with Gasteiger partial charge in [0.1, 0.15) is 12.3 Å². The molecule has 6 nitrogen and oxygen atoms in total. The lowest BCUT2D eigenvalue weighted by molar-refractivity contribution is -0.116. The lowest BCUT2D eigenvalue weighted by Crippen LogP contribution is -2.37. The summed E-state index contributed by atoms with van der Waals surface area (Å²) < 4.78 is 5.13. The van der Waals surface area contributed by atoms with Crippen LogP contribution in [0.15, 0.2) is 42.5 Å². The summed E-state index contributed by atoms with van der Waals surface area (Å²) in [6, 6.07) is 12.4. The summed E-state index contributed by atoms with van der Waals surface area (Å²) in [5.41, 5.74) is 2.35. The quantitative estimate of drug-likeness (QED) is 0.872. The number of hydrogen-bond acceptors (Lipinski definition) is 3. The average molecular weight is 374 g/mol. The molecule has 0 saturated carbocycles. The van der Waals surface area contributed by atoms with Crippen molar-refractivity contribution < 1.29 is 14.3 Å². The average Bonchev–Trinajstić information content (AvgIpc) is 2.99. The van der Waals surface area contributed by atoms with Gasteiger partial charge in [-0.1, -0.05) is 17.7 Å². The van der Waals surface area contributed by atoms with Crippen LogP contribution in [0.2, 0.25) is 5.02 Å². The first-order valence-electron chi connectivity index (χ1n) is 8.24. The molecule has 26 heavy (non-hydrogen) atoms. The van der Waals surface area contributed by atoms with Crippen LogP contribution in [0.5, 0.6) is 5.75 Å². The summed E-state index contributed by atoms with van der Waals surface area (Å²) in [5, 5.41) is 3.37. The fourth-order valence-corrected chi connectivity index (χ4v) is 3.00. The van der Waals surface area contributed by atoms with Crippen LogP contribution in [-0.2, 0) is 4.79 Å². The van der Waals surface area contributed by atoms with Gasteiger partial charge in [-0.15, -0.1) is 0 Å². The molecule has 3 amide bonds. The molecule has 0 spiro atoms. The van der Waals surface area contributed by atoms with Crippen molar-refractivity contribution in [2.75, 3.05) is 37.0 Å². The number of amides is 3. The van der Waals surface area contributed by atoms with Crippen LogP contribution < -0.4 is 15.0 Å². The van der Waals surface area contributed by atoms with E-state index in [1.807, 2.05) is 25.1 Å². The largest absolute Gasteiger partial charge is 0.497 e. The number of aryl methyl sites for hydroxylation is 1. The predicted molar refractivity (Wildman–Crippen MR) is 102 cm³/mol. The van der Waals surface area contributed by atoms with E-state index in [-0.39, 0.29) is 18.5 Å². The molecule has 0 radical (unpaired) electrons. The topological polar surface area (TPSA) is 61.9 Å². The molecule has 0 atom stereocenters. The van der Waals surface area contributed by atoms with Crippen LogP contribution in [0, 0.1) is 6.92 Å². The van der Waals surface area contributed by atoms with E-state index in [2.05, 4.69) is 5.32 Å². The Hall–Kier alpha value is -2.73. The molecule has 136 valence electrons. The maximum absolute atomic E-state index is 12.6. The van der Waals surface area contributed by atoms with Crippen molar-refractivity contribution in [2.24, 2.45) is 0 Å². The third-order valence-electron chi connectivity index (χ3n) is 4.29. The number of methoxy groups -OCH3 is 1. The van der Waals surface area contributed by atoms with E-state index in [1.165, 1.54) is 4.90 Å². The minimum atomic E-state index is -0.250. The second kappa shape index (κ2) is 7.66. The van der Waals surface area contributed by atoms with E-state index in [9.17, 15) is 9.59 Å². The van der Waals surface area contributed by atoms with Gasteiger partial charge in [-0.05, 0) is 48.9 Å². The molecule has 0 unspecified atom stereocenters. The van der Waals surface area contributed by atoms with E-state index in [0.29, 0.717) is 23.8 Å². The first kappa shape index (κ1) is 18.1. The SMILES string of the molecule is COc1ccc(N2CCN(CC(=O)Nc3cc(Cl)ccc3C)C2=O)cc1. The molecule has 1 heterocycles. The Morgan fingerprint density at radius 2 is 1.92 bits per heavy atom. The first-order chi connectivity index (χ1) is 12.5. The van der Waals surface area contributed by atoms with Crippen LogP contribution in [0.4, 0.5) is 16.2 Å². The summed E-state index contributed by atoms with van der Waals surface area (Å²) in [4.78, 5) is 28.1. The van der Waals surface area contributed by atoms with Gasteiger partial charge in [0.15, 0.2) is 0 Å². The molecule has 0 bridgehead atoms. The third kappa shape index (κ3) is 3.91. The van der Waals surface area contributed by atoms with Crippen molar-refractivity contribution in [2.45, 2.75) is 6.92 Å². The van der Waals surface area contributed by atoms with Gasteiger partial charge < -0.3 is 15.0 Å². The van der Waals surface area contributed by atoms with Crippen LogP contribution in [0.3, 0.4) is 0 Å². The molecule has 1 aliphatic heterocycles. The third-order valence-corrected chi connectivity index (χ3v) is 4.52. The van der Waals surface area contributed by atoms with E-state index in [4.69, 9.17) is 16.3 Å². The normalized spacial score (nSPS) is 13.9. The number of carbonyl (C=O) groups is 2. The molecule has 1 N–H and O–H groups in total. The summed E-state index contributed by atoms with van der Waals surface area (Å²) in [5.74, 6) is 0.480. The molecule has 1 fully saturated rings. The van der Waals surface area contributed by atoms with E-state index in [0.717, 1.165) is 17.0 Å². The first-order valence-corrected chi connectivity index (χ1v) is 8.62. The maximum atomic E-state index is 12.6. The number of hydrogen-bond donors (Lipinski definition) is 1. The number of rotatable bonds is 5. The highest BCUT2D eigenvalue weighted by Gasteiger charge is 2.30. The Labute approximate surface area is 157 Å². The molecule has 3 rings (SSSR count). The fourth-order valence-electron chi connectivity index (χ4n) is 2.82. The van der Waals surface area contributed by atoms with Crippen molar-refractivity contribution >= 4 is 34.9 Å². The van der Waals surface area contributed by atoms with Crippen molar-refractivity contribution in [3.63, 3.8) is 0 Å². The molecular formula is C19H20ClN3O3. The second-order valence-corrected chi connectivity index (χ2v) is 6.50. The Morgan fingerprint density at radius 3 is 2.62 bits per heavy atom. The second-order valence-electron chi connectivity index (χ2n) is 6.06. The van der Waals surface area contributed by atoms with Gasteiger partial charge in [-0.3, -0.25) is 9.69 Å². The predicted octanol–water partition coefficient (Wildman–Crippen LogP) is 3.54. The van der Waals surface area contributed by atoms with E-state index in [1.54, 1.807) is 36.3 Å². The number of ether oxygens (including phenoxy) is 1. The number of nitrogens with one attached hydrogen (secondary N) is 1. The molecule has 0 aliphatic carbocycles.